The molecule has 2 aromatic carbocycles. The van der Waals surface area contributed by atoms with Gasteiger partial charge in [0.25, 0.3) is 0 Å². The van der Waals surface area contributed by atoms with Crippen molar-refractivity contribution in [3.05, 3.63) is 70.4 Å². The highest BCUT2D eigenvalue weighted by molar-refractivity contribution is 6.35. The number of aromatic amines is 1. The standard InChI is InChI=1S/C18H12ClF2NO3/c19-14-3-1-2-10-13(8-22-17(10)14)12(18(24)25)7-16(23)11-5-4-9(20)6-15(11)21/h1-6,8,12,22H,7H2,(H,24,25). The summed E-state index contributed by atoms with van der Waals surface area (Å²) in [6.45, 7) is 0. The summed E-state index contributed by atoms with van der Waals surface area (Å²) < 4.78 is 26.7. The van der Waals surface area contributed by atoms with Gasteiger partial charge in [-0.1, -0.05) is 23.7 Å². The second-order valence-electron chi connectivity index (χ2n) is 5.55. The molecule has 3 rings (SSSR count). The largest absolute Gasteiger partial charge is 0.481 e. The van der Waals surface area contributed by atoms with Crippen LogP contribution < -0.4 is 0 Å². The second kappa shape index (κ2) is 6.64. The van der Waals surface area contributed by atoms with Crippen molar-refractivity contribution in [1.29, 1.82) is 0 Å². The number of fused-ring (bicyclic) bond motifs is 1. The number of carbonyl (C=O) groups excluding carboxylic acids is 1. The molecule has 3 aromatic rings. The number of halogens is 3. The molecule has 25 heavy (non-hydrogen) atoms. The van der Waals surface area contributed by atoms with Crippen LogP contribution in [-0.4, -0.2) is 21.8 Å². The summed E-state index contributed by atoms with van der Waals surface area (Å²) in [5.74, 6) is -4.96. The van der Waals surface area contributed by atoms with Gasteiger partial charge in [-0.3, -0.25) is 9.59 Å². The van der Waals surface area contributed by atoms with Crippen LogP contribution in [-0.2, 0) is 4.79 Å². The minimum absolute atomic E-state index is 0.342. The summed E-state index contributed by atoms with van der Waals surface area (Å²) in [7, 11) is 0. The molecule has 0 saturated carbocycles. The number of aliphatic carboxylic acids is 1. The van der Waals surface area contributed by atoms with Crippen LogP contribution in [0.2, 0.25) is 5.02 Å². The van der Waals surface area contributed by atoms with E-state index in [0.717, 1.165) is 12.1 Å². The lowest BCUT2D eigenvalue weighted by molar-refractivity contribution is -0.138. The predicted octanol–water partition coefficient (Wildman–Crippen LogP) is 4.54. The Morgan fingerprint density at radius 1 is 1.20 bits per heavy atom. The third kappa shape index (κ3) is 3.25. The molecule has 4 nitrogen and oxygen atoms in total. The Morgan fingerprint density at radius 3 is 2.64 bits per heavy atom. The molecule has 0 radical (unpaired) electrons. The molecule has 0 amide bonds. The molecule has 1 heterocycles. The van der Waals surface area contributed by atoms with Crippen LogP contribution >= 0.6 is 11.6 Å². The number of nitrogens with one attached hydrogen (secondary N) is 1. The average Bonchev–Trinajstić information content (AvgIpc) is 2.97. The van der Waals surface area contributed by atoms with E-state index in [2.05, 4.69) is 4.98 Å². The number of benzene rings is 2. The van der Waals surface area contributed by atoms with Crippen LogP contribution in [0.15, 0.2) is 42.6 Å². The van der Waals surface area contributed by atoms with E-state index in [-0.39, 0.29) is 5.56 Å². The summed E-state index contributed by atoms with van der Waals surface area (Å²) in [4.78, 5) is 26.9. The highest BCUT2D eigenvalue weighted by Crippen LogP contribution is 2.32. The van der Waals surface area contributed by atoms with E-state index in [1.54, 1.807) is 18.2 Å². The van der Waals surface area contributed by atoms with Crippen molar-refractivity contribution in [3.63, 3.8) is 0 Å². The Balaban J connectivity index is 1.97. The summed E-state index contributed by atoms with van der Waals surface area (Å²) in [6.07, 6.45) is 1.01. The number of carboxylic acid groups (broad SMARTS) is 1. The van der Waals surface area contributed by atoms with Gasteiger partial charge in [-0.2, -0.15) is 0 Å². The maximum Gasteiger partial charge on any atom is 0.311 e. The zero-order chi connectivity index (χ0) is 18.1. The number of carbonyl (C=O) groups is 2. The molecule has 128 valence electrons. The van der Waals surface area contributed by atoms with Crippen LogP contribution in [0.4, 0.5) is 8.78 Å². The van der Waals surface area contributed by atoms with Gasteiger partial charge in [-0.25, -0.2) is 8.78 Å². The van der Waals surface area contributed by atoms with Gasteiger partial charge in [-0.05, 0) is 23.8 Å². The minimum atomic E-state index is -1.23. The van der Waals surface area contributed by atoms with Gasteiger partial charge < -0.3 is 10.1 Å². The molecule has 0 aliphatic carbocycles. The number of para-hydroxylation sites is 1. The highest BCUT2D eigenvalue weighted by atomic mass is 35.5. The van der Waals surface area contributed by atoms with Crippen LogP contribution in [0.3, 0.4) is 0 Å². The molecular formula is C18H12ClF2NO3. The van der Waals surface area contributed by atoms with Crippen molar-refractivity contribution in [2.45, 2.75) is 12.3 Å². The van der Waals surface area contributed by atoms with Gasteiger partial charge >= 0.3 is 5.97 Å². The molecule has 0 bridgehead atoms. The van der Waals surface area contributed by atoms with Crippen molar-refractivity contribution >= 4 is 34.3 Å². The third-order valence-electron chi connectivity index (χ3n) is 3.99. The van der Waals surface area contributed by atoms with Crippen LogP contribution in [0, 0.1) is 11.6 Å². The smallest absolute Gasteiger partial charge is 0.311 e. The molecular weight excluding hydrogens is 352 g/mol. The molecule has 0 aliphatic rings. The average molecular weight is 364 g/mol. The first kappa shape index (κ1) is 17.1. The Bertz CT molecular complexity index is 984. The van der Waals surface area contributed by atoms with E-state index in [9.17, 15) is 23.5 Å². The van der Waals surface area contributed by atoms with Gasteiger partial charge in [-0.15, -0.1) is 0 Å². The fourth-order valence-corrected chi connectivity index (χ4v) is 3.00. The van der Waals surface area contributed by atoms with Crippen molar-refractivity contribution in [3.8, 4) is 0 Å². The molecule has 2 N–H and O–H groups in total. The van der Waals surface area contributed by atoms with Crippen molar-refractivity contribution < 1.29 is 23.5 Å². The van der Waals surface area contributed by atoms with Gasteiger partial charge in [0.05, 0.1) is 22.0 Å². The Kier molecular flexibility index (Phi) is 4.55. The van der Waals surface area contributed by atoms with Gasteiger partial charge in [0.2, 0.25) is 0 Å². The monoisotopic (exact) mass is 363 g/mol. The van der Waals surface area contributed by atoms with Crippen LogP contribution in [0.1, 0.15) is 28.3 Å². The fourth-order valence-electron chi connectivity index (χ4n) is 2.77. The van der Waals surface area contributed by atoms with E-state index < -0.39 is 35.7 Å². The normalized spacial score (nSPS) is 12.3. The van der Waals surface area contributed by atoms with Gasteiger partial charge in [0.1, 0.15) is 11.6 Å². The maximum absolute atomic E-state index is 13.8. The zero-order valence-electron chi connectivity index (χ0n) is 12.7. The first-order valence-electron chi connectivity index (χ1n) is 7.35. The Morgan fingerprint density at radius 2 is 1.96 bits per heavy atom. The summed E-state index contributed by atoms with van der Waals surface area (Å²) in [5.41, 5.74) is 0.595. The van der Waals surface area contributed by atoms with Gasteiger partial charge in [0.15, 0.2) is 5.78 Å². The van der Waals surface area contributed by atoms with E-state index in [1.807, 2.05) is 0 Å². The SMILES string of the molecule is O=C(CC(C(=O)O)c1c[nH]c2c(Cl)cccc12)c1ccc(F)cc1F. The molecule has 0 spiro atoms. The number of ketones is 1. The molecule has 1 atom stereocenters. The number of H-pyrrole nitrogens is 1. The van der Waals surface area contributed by atoms with Crippen LogP contribution in [0.25, 0.3) is 10.9 Å². The molecule has 7 heteroatoms. The number of hydrogen-bond donors (Lipinski definition) is 2. The molecule has 1 unspecified atom stereocenters. The Labute approximate surface area is 146 Å². The minimum Gasteiger partial charge on any atom is -0.481 e. The van der Waals surface area contributed by atoms with E-state index >= 15 is 0 Å². The number of hydrogen-bond acceptors (Lipinski definition) is 2. The Hall–Kier alpha value is -2.73. The summed E-state index contributed by atoms with van der Waals surface area (Å²) in [5, 5.41) is 10.5. The number of rotatable bonds is 5. The zero-order valence-corrected chi connectivity index (χ0v) is 13.5. The lowest BCUT2D eigenvalue weighted by Crippen LogP contribution is -2.17. The first-order valence-corrected chi connectivity index (χ1v) is 7.73. The predicted molar refractivity (Wildman–Crippen MR) is 89.0 cm³/mol. The van der Waals surface area contributed by atoms with Crippen molar-refractivity contribution in [2.75, 3.05) is 0 Å². The fraction of sp³-hybridized carbons (Fsp3) is 0.111. The molecule has 1 aromatic heterocycles. The lowest BCUT2D eigenvalue weighted by Gasteiger charge is -2.11. The van der Waals surface area contributed by atoms with E-state index in [0.29, 0.717) is 27.6 Å². The number of Topliss-reactive ketones (excluding diaryl/α,β-unsaturated/α-hetero) is 1. The summed E-state index contributed by atoms with van der Waals surface area (Å²) >= 11 is 6.06. The van der Waals surface area contributed by atoms with Gasteiger partial charge in [0, 0.05) is 24.1 Å². The highest BCUT2D eigenvalue weighted by Gasteiger charge is 2.28. The van der Waals surface area contributed by atoms with E-state index in [4.69, 9.17) is 11.6 Å². The quantitative estimate of drug-likeness (QED) is 0.654. The lowest BCUT2D eigenvalue weighted by atomic mass is 9.91. The van der Waals surface area contributed by atoms with Crippen molar-refractivity contribution in [2.24, 2.45) is 0 Å². The van der Waals surface area contributed by atoms with Crippen LogP contribution in [0.5, 0.6) is 0 Å². The van der Waals surface area contributed by atoms with Crippen molar-refractivity contribution in [1.82, 2.24) is 4.98 Å². The van der Waals surface area contributed by atoms with E-state index in [1.165, 1.54) is 6.20 Å². The number of aromatic nitrogens is 1. The maximum atomic E-state index is 13.8. The second-order valence-corrected chi connectivity index (χ2v) is 5.96. The third-order valence-corrected chi connectivity index (χ3v) is 4.31. The molecule has 0 aliphatic heterocycles. The molecule has 0 fully saturated rings. The molecule has 0 saturated heterocycles. The summed E-state index contributed by atoms with van der Waals surface area (Å²) in [6, 6.07) is 7.57. The topological polar surface area (TPSA) is 70.2 Å². The first-order chi connectivity index (χ1) is 11.9. The number of carboxylic acids is 1.